The minimum absolute atomic E-state index is 0. The van der Waals surface area contributed by atoms with Crippen LogP contribution in [0.15, 0.2) is 18.2 Å². The first-order valence-electron chi connectivity index (χ1n) is 6.23. The predicted octanol–water partition coefficient (Wildman–Crippen LogP) is 2.74. The van der Waals surface area contributed by atoms with E-state index in [0.717, 1.165) is 0 Å². The van der Waals surface area contributed by atoms with Crippen molar-refractivity contribution in [1.29, 1.82) is 0 Å². The van der Waals surface area contributed by atoms with Gasteiger partial charge in [-0.25, -0.2) is 0 Å². The molecular formula is C13H17ClF2N2O3. The molecule has 0 unspecified atom stereocenters. The van der Waals surface area contributed by atoms with Crippen LogP contribution in [0.4, 0.5) is 14.5 Å². The maximum absolute atomic E-state index is 12.9. The summed E-state index contributed by atoms with van der Waals surface area (Å²) >= 11 is 0. The molecule has 1 aliphatic heterocycles. The number of nitrogens with two attached hydrogens (primary N) is 1. The summed E-state index contributed by atoms with van der Waals surface area (Å²) in [7, 11) is 0. The van der Waals surface area contributed by atoms with Gasteiger partial charge in [-0.2, -0.15) is 0 Å². The number of carbonyl (C=O) groups is 1. The Morgan fingerprint density at radius 2 is 1.95 bits per heavy atom. The molecule has 1 aromatic carbocycles. The van der Waals surface area contributed by atoms with Crippen molar-refractivity contribution in [2.45, 2.75) is 32.6 Å². The van der Waals surface area contributed by atoms with Gasteiger partial charge in [-0.15, -0.1) is 21.2 Å². The lowest BCUT2D eigenvalue weighted by atomic mass is 10.0. The molecule has 5 nitrogen and oxygen atoms in total. The van der Waals surface area contributed by atoms with E-state index >= 15 is 0 Å². The van der Waals surface area contributed by atoms with Crippen molar-refractivity contribution < 1.29 is 23.0 Å². The van der Waals surface area contributed by atoms with Gasteiger partial charge in [-0.05, 0) is 24.5 Å². The SMILES string of the molecule is CC(C)C[C@H](N)C(=O)Nc1ccc2c(c1)OC(F)(F)O2.Cl. The molecule has 0 fully saturated rings. The van der Waals surface area contributed by atoms with Crippen LogP contribution in [0.3, 0.4) is 0 Å². The van der Waals surface area contributed by atoms with Gasteiger partial charge in [0.05, 0.1) is 6.04 Å². The Morgan fingerprint density at radius 1 is 1.33 bits per heavy atom. The largest absolute Gasteiger partial charge is 0.586 e. The van der Waals surface area contributed by atoms with Crippen molar-refractivity contribution in [3.8, 4) is 11.5 Å². The number of benzene rings is 1. The number of hydrogen-bond donors (Lipinski definition) is 2. The van der Waals surface area contributed by atoms with E-state index in [4.69, 9.17) is 5.73 Å². The molecule has 1 aromatic rings. The summed E-state index contributed by atoms with van der Waals surface area (Å²) in [6, 6.07) is 3.38. The van der Waals surface area contributed by atoms with Gasteiger partial charge >= 0.3 is 6.29 Å². The molecule has 0 spiro atoms. The van der Waals surface area contributed by atoms with Crippen LogP contribution in [0.25, 0.3) is 0 Å². The van der Waals surface area contributed by atoms with Gasteiger partial charge in [-0.3, -0.25) is 4.79 Å². The second kappa shape index (κ2) is 6.44. The molecule has 0 aromatic heterocycles. The number of hydrogen-bond acceptors (Lipinski definition) is 4. The number of carbonyl (C=O) groups excluding carboxylic acids is 1. The lowest BCUT2D eigenvalue weighted by Crippen LogP contribution is -2.36. The fraction of sp³-hybridized carbons (Fsp3) is 0.462. The van der Waals surface area contributed by atoms with Crippen molar-refractivity contribution in [3.63, 3.8) is 0 Å². The highest BCUT2D eigenvalue weighted by Crippen LogP contribution is 2.42. The number of anilines is 1. The van der Waals surface area contributed by atoms with Crippen LogP contribution >= 0.6 is 12.4 Å². The maximum Gasteiger partial charge on any atom is 0.586 e. The molecule has 0 saturated carbocycles. The lowest BCUT2D eigenvalue weighted by Gasteiger charge is -2.14. The number of alkyl halides is 2. The first kappa shape index (κ1) is 17.5. The Kier molecular flexibility index (Phi) is 5.36. The minimum atomic E-state index is -3.67. The normalized spacial score (nSPS) is 16.3. The van der Waals surface area contributed by atoms with Crippen molar-refractivity contribution in [2.24, 2.45) is 11.7 Å². The molecule has 0 saturated heterocycles. The highest BCUT2D eigenvalue weighted by molar-refractivity contribution is 5.95. The number of rotatable bonds is 4. The zero-order valence-corrected chi connectivity index (χ0v) is 12.4. The molecule has 1 aliphatic rings. The van der Waals surface area contributed by atoms with E-state index in [1.165, 1.54) is 18.2 Å². The van der Waals surface area contributed by atoms with E-state index in [0.29, 0.717) is 12.1 Å². The average Bonchev–Trinajstić information content (AvgIpc) is 2.61. The monoisotopic (exact) mass is 322 g/mol. The van der Waals surface area contributed by atoms with E-state index in [1.807, 2.05) is 13.8 Å². The quantitative estimate of drug-likeness (QED) is 0.894. The summed E-state index contributed by atoms with van der Waals surface area (Å²) in [5.41, 5.74) is 6.06. The van der Waals surface area contributed by atoms with Crippen LogP contribution in [0.2, 0.25) is 0 Å². The maximum atomic E-state index is 12.9. The summed E-state index contributed by atoms with van der Waals surface area (Å²) in [5.74, 6) is -0.278. The van der Waals surface area contributed by atoms with Crippen molar-refractivity contribution in [2.75, 3.05) is 5.32 Å². The molecule has 1 atom stereocenters. The molecule has 1 heterocycles. The number of amides is 1. The smallest absolute Gasteiger partial charge is 0.395 e. The first-order valence-corrected chi connectivity index (χ1v) is 6.23. The molecule has 3 N–H and O–H groups in total. The standard InChI is InChI=1S/C13H16F2N2O3.ClH/c1-7(2)5-9(16)12(18)17-8-3-4-10-11(6-8)20-13(14,15)19-10;/h3-4,6-7,9H,5,16H2,1-2H3,(H,17,18);1H/t9-;/m0./s1. The Hall–Kier alpha value is -1.60. The minimum Gasteiger partial charge on any atom is -0.395 e. The highest BCUT2D eigenvalue weighted by Gasteiger charge is 2.43. The summed E-state index contributed by atoms with van der Waals surface area (Å²) in [5, 5.41) is 2.56. The van der Waals surface area contributed by atoms with Gasteiger partial charge in [0.15, 0.2) is 11.5 Å². The van der Waals surface area contributed by atoms with Crippen molar-refractivity contribution in [3.05, 3.63) is 18.2 Å². The van der Waals surface area contributed by atoms with E-state index in [9.17, 15) is 13.6 Å². The first-order chi connectivity index (χ1) is 9.27. The third kappa shape index (κ3) is 4.44. The van der Waals surface area contributed by atoms with Crippen molar-refractivity contribution >= 4 is 24.0 Å². The number of nitrogens with one attached hydrogen (secondary N) is 1. The topological polar surface area (TPSA) is 73.6 Å². The summed E-state index contributed by atoms with van der Waals surface area (Å²) in [4.78, 5) is 11.8. The van der Waals surface area contributed by atoms with E-state index in [2.05, 4.69) is 14.8 Å². The average molecular weight is 323 g/mol. The molecule has 0 radical (unpaired) electrons. The van der Waals surface area contributed by atoms with Crippen LogP contribution in [-0.4, -0.2) is 18.2 Å². The van der Waals surface area contributed by atoms with Crippen LogP contribution in [0.1, 0.15) is 20.3 Å². The Morgan fingerprint density at radius 3 is 2.57 bits per heavy atom. The lowest BCUT2D eigenvalue weighted by molar-refractivity contribution is -0.286. The molecule has 8 heteroatoms. The predicted molar refractivity (Wildman–Crippen MR) is 76.0 cm³/mol. The van der Waals surface area contributed by atoms with Gasteiger partial charge in [-0.1, -0.05) is 13.8 Å². The number of halogens is 3. The van der Waals surface area contributed by atoms with Gasteiger partial charge in [0.2, 0.25) is 5.91 Å². The Labute approximate surface area is 127 Å². The molecule has 0 bridgehead atoms. The van der Waals surface area contributed by atoms with E-state index < -0.39 is 12.3 Å². The summed E-state index contributed by atoms with van der Waals surface area (Å²) < 4.78 is 34.3. The highest BCUT2D eigenvalue weighted by atomic mass is 35.5. The van der Waals surface area contributed by atoms with E-state index in [1.54, 1.807) is 0 Å². The van der Waals surface area contributed by atoms with Crippen LogP contribution in [-0.2, 0) is 4.79 Å². The summed E-state index contributed by atoms with van der Waals surface area (Å²) in [6.45, 7) is 3.91. The molecule has 0 aliphatic carbocycles. The second-order valence-electron chi connectivity index (χ2n) is 5.05. The van der Waals surface area contributed by atoms with Crippen LogP contribution < -0.4 is 20.5 Å². The number of ether oxygens (including phenoxy) is 2. The van der Waals surface area contributed by atoms with Crippen molar-refractivity contribution in [1.82, 2.24) is 0 Å². The Balaban J connectivity index is 0.00000220. The second-order valence-corrected chi connectivity index (χ2v) is 5.05. The zero-order chi connectivity index (χ0) is 14.9. The third-order valence-electron chi connectivity index (χ3n) is 2.73. The molecule has 21 heavy (non-hydrogen) atoms. The van der Waals surface area contributed by atoms with Gasteiger partial charge in [0.25, 0.3) is 0 Å². The fourth-order valence-electron chi connectivity index (χ4n) is 1.88. The van der Waals surface area contributed by atoms with Crippen LogP contribution in [0, 0.1) is 5.92 Å². The van der Waals surface area contributed by atoms with E-state index in [-0.39, 0.29) is 35.7 Å². The number of fused-ring (bicyclic) bond motifs is 1. The van der Waals surface area contributed by atoms with Gasteiger partial charge in [0, 0.05) is 11.8 Å². The zero-order valence-electron chi connectivity index (χ0n) is 11.6. The third-order valence-corrected chi connectivity index (χ3v) is 2.73. The fourth-order valence-corrected chi connectivity index (χ4v) is 1.88. The molecular weight excluding hydrogens is 306 g/mol. The van der Waals surface area contributed by atoms with Gasteiger partial charge in [0.1, 0.15) is 0 Å². The molecule has 1 amide bonds. The molecule has 2 rings (SSSR count). The van der Waals surface area contributed by atoms with Gasteiger partial charge < -0.3 is 20.5 Å². The molecule has 118 valence electrons. The Bertz CT molecular complexity index is 526. The van der Waals surface area contributed by atoms with Crippen LogP contribution in [0.5, 0.6) is 11.5 Å². The summed E-state index contributed by atoms with van der Waals surface area (Å²) in [6.07, 6.45) is -3.13.